The van der Waals surface area contributed by atoms with Crippen LogP contribution in [0.1, 0.15) is 22.8 Å². The van der Waals surface area contributed by atoms with Gasteiger partial charge in [-0.1, -0.05) is 6.07 Å². The van der Waals surface area contributed by atoms with Crippen molar-refractivity contribution in [2.75, 3.05) is 19.3 Å². The minimum Gasteiger partial charge on any atom is -0.480 e. The highest BCUT2D eigenvalue weighted by Crippen LogP contribution is 2.17. The SMILES string of the molecule is CCN(CC(=O)O)C(=O)c1cc(S(C)(=O)=O)ccc1C. The summed E-state index contributed by atoms with van der Waals surface area (Å²) in [5.41, 5.74) is 0.808. The van der Waals surface area contributed by atoms with E-state index in [0.29, 0.717) is 5.56 Å². The number of carbonyl (C=O) groups is 2. The molecule has 20 heavy (non-hydrogen) atoms. The molecule has 0 spiro atoms. The first-order valence-electron chi connectivity index (χ1n) is 5.98. The average molecular weight is 299 g/mol. The van der Waals surface area contributed by atoms with Gasteiger partial charge in [-0.05, 0) is 31.5 Å². The Morgan fingerprint density at radius 1 is 1.30 bits per heavy atom. The first-order valence-corrected chi connectivity index (χ1v) is 7.87. The van der Waals surface area contributed by atoms with Crippen LogP contribution in [0.25, 0.3) is 0 Å². The highest BCUT2D eigenvalue weighted by Gasteiger charge is 2.20. The minimum atomic E-state index is -3.42. The number of likely N-dealkylation sites (N-methyl/N-ethyl adjacent to an activating group) is 1. The van der Waals surface area contributed by atoms with Crippen LogP contribution in [-0.2, 0) is 14.6 Å². The Hall–Kier alpha value is -1.89. The minimum absolute atomic E-state index is 0.0397. The van der Waals surface area contributed by atoms with Crippen LogP contribution in [-0.4, -0.2) is 49.6 Å². The van der Waals surface area contributed by atoms with E-state index in [2.05, 4.69) is 0 Å². The Morgan fingerprint density at radius 3 is 2.35 bits per heavy atom. The van der Waals surface area contributed by atoms with E-state index in [1.807, 2.05) is 0 Å². The Labute approximate surface area is 117 Å². The second kappa shape index (κ2) is 6.04. The smallest absolute Gasteiger partial charge is 0.323 e. The summed E-state index contributed by atoms with van der Waals surface area (Å²) in [7, 11) is -3.42. The van der Waals surface area contributed by atoms with E-state index in [0.717, 1.165) is 11.2 Å². The molecule has 0 radical (unpaired) electrons. The molecule has 1 aromatic carbocycles. The van der Waals surface area contributed by atoms with E-state index in [9.17, 15) is 18.0 Å². The first kappa shape index (κ1) is 16.2. The number of carboxylic acid groups (broad SMARTS) is 1. The van der Waals surface area contributed by atoms with Crippen LogP contribution in [0.3, 0.4) is 0 Å². The molecule has 6 nitrogen and oxygen atoms in total. The van der Waals surface area contributed by atoms with Crippen molar-refractivity contribution in [3.8, 4) is 0 Å². The van der Waals surface area contributed by atoms with E-state index in [4.69, 9.17) is 5.11 Å². The number of aliphatic carboxylic acids is 1. The lowest BCUT2D eigenvalue weighted by Crippen LogP contribution is -2.35. The van der Waals surface area contributed by atoms with E-state index < -0.39 is 28.3 Å². The van der Waals surface area contributed by atoms with Crippen molar-refractivity contribution in [2.24, 2.45) is 0 Å². The second-order valence-corrected chi connectivity index (χ2v) is 6.48. The first-order chi connectivity index (χ1) is 9.16. The molecular formula is C13H17NO5S. The molecule has 1 amide bonds. The van der Waals surface area contributed by atoms with Crippen molar-refractivity contribution in [3.63, 3.8) is 0 Å². The number of benzene rings is 1. The van der Waals surface area contributed by atoms with Gasteiger partial charge >= 0.3 is 5.97 Å². The molecular weight excluding hydrogens is 282 g/mol. The largest absolute Gasteiger partial charge is 0.480 e. The maximum atomic E-state index is 12.3. The van der Waals surface area contributed by atoms with Gasteiger partial charge in [-0.25, -0.2) is 8.42 Å². The number of aryl methyl sites for hydroxylation is 1. The molecule has 110 valence electrons. The normalized spacial score (nSPS) is 11.2. The molecule has 7 heteroatoms. The lowest BCUT2D eigenvalue weighted by Gasteiger charge is -2.20. The van der Waals surface area contributed by atoms with Crippen LogP contribution in [0.15, 0.2) is 23.1 Å². The monoisotopic (exact) mass is 299 g/mol. The number of carboxylic acids is 1. The molecule has 0 heterocycles. The van der Waals surface area contributed by atoms with Gasteiger partial charge in [0.25, 0.3) is 5.91 Å². The molecule has 0 aliphatic carbocycles. The summed E-state index contributed by atoms with van der Waals surface area (Å²) in [6, 6.07) is 4.25. The number of amides is 1. The number of nitrogens with zero attached hydrogens (tertiary/aromatic N) is 1. The molecule has 0 aliphatic heterocycles. The quantitative estimate of drug-likeness (QED) is 0.873. The van der Waals surface area contributed by atoms with Gasteiger partial charge in [0, 0.05) is 18.4 Å². The Bertz CT molecular complexity index is 636. The summed E-state index contributed by atoms with van der Waals surface area (Å²) >= 11 is 0. The van der Waals surface area contributed by atoms with Gasteiger partial charge in [0.2, 0.25) is 0 Å². The zero-order valence-corrected chi connectivity index (χ0v) is 12.4. The predicted octanol–water partition coefficient (Wildman–Crippen LogP) is 0.945. The third kappa shape index (κ3) is 3.80. The highest BCUT2D eigenvalue weighted by molar-refractivity contribution is 7.90. The summed E-state index contributed by atoms with van der Waals surface area (Å²) in [5, 5.41) is 8.77. The highest BCUT2D eigenvalue weighted by atomic mass is 32.2. The van der Waals surface area contributed by atoms with E-state index >= 15 is 0 Å². The number of carbonyl (C=O) groups excluding carboxylic acids is 1. The second-order valence-electron chi connectivity index (χ2n) is 4.46. The Morgan fingerprint density at radius 2 is 1.90 bits per heavy atom. The van der Waals surface area contributed by atoms with Gasteiger partial charge in [-0.15, -0.1) is 0 Å². The van der Waals surface area contributed by atoms with Crippen molar-refractivity contribution in [1.29, 1.82) is 0 Å². The summed E-state index contributed by atoms with van der Waals surface area (Å²) in [6.07, 6.45) is 1.06. The van der Waals surface area contributed by atoms with Crippen LogP contribution in [0.5, 0.6) is 0 Å². The number of hydrogen-bond donors (Lipinski definition) is 1. The molecule has 1 N–H and O–H groups in total. The van der Waals surface area contributed by atoms with Crippen LogP contribution < -0.4 is 0 Å². The van der Waals surface area contributed by atoms with Crippen LogP contribution in [0.4, 0.5) is 0 Å². The van der Waals surface area contributed by atoms with E-state index in [-0.39, 0.29) is 17.0 Å². The standard InChI is InChI=1S/C13H17NO5S/c1-4-14(8-12(15)16)13(17)11-7-10(20(3,18)19)6-5-9(11)2/h5-7H,4,8H2,1-3H3,(H,15,16). The fourth-order valence-corrected chi connectivity index (χ4v) is 2.37. The van der Waals surface area contributed by atoms with Crippen molar-refractivity contribution in [3.05, 3.63) is 29.3 Å². The van der Waals surface area contributed by atoms with Crippen LogP contribution in [0.2, 0.25) is 0 Å². The number of hydrogen-bond acceptors (Lipinski definition) is 4. The maximum absolute atomic E-state index is 12.3. The van der Waals surface area contributed by atoms with Crippen LogP contribution in [0, 0.1) is 6.92 Å². The lowest BCUT2D eigenvalue weighted by atomic mass is 10.1. The molecule has 0 fully saturated rings. The van der Waals surface area contributed by atoms with Gasteiger partial charge in [-0.3, -0.25) is 9.59 Å². The predicted molar refractivity (Wildman–Crippen MR) is 73.5 cm³/mol. The Kier molecular flexibility index (Phi) is 4.88. The third-order valence-corrected chi connectivity index (χ3v) is 3.97. The van der Waals surface area contributed by atoms with E-state index in [1.165, 1.54) is 18.2 Å². The van der Waals surface area contributed by atoms with Crippen molar-refractivity contribution in [1.82, 2.24) is 4.90 Å². The average Bonchev–Trinajstić information content (AvgIpc) is 2.34. The summed E-state index contributed by atoms with van der Waals surface area (Å²) in [4.78, 5) is 24.2. The molecule has 1 aromatic rings. The van der Waals surface area contributed by atoms with Crippen molar-refractivity contribution in [2.45, 2.75) is 18.7 Å². The molecule has 0 saturated carbocycles. The zero-order chi connectivity index (χ0) is 15.5. The fourth-order valence-electron chi connectivity index (χ4n) is 1.72. The van der Waals surface area contributed by atoms with Crippen LogP contribution >= 0.6 is 0 Å². The van der Waals surface area contributed by atoms with Gasteiger partial charge in [-0.2, -0.15) is 0 Å². The maximum Gasteiger partial charge on any atom is 0.323 e. The number of rotatable bonds is 5. The van der Waals surface area contributed by atoms with Gasteiger partial charge in [0.05, 0.1) is 4.90 Å². The van der Waals surface area contributed by atoms with Gasteiger partial charge in [0.15, 0.2) is 9.84 Å². The Balaban J connectivity index is 3.24. The third-order valence-electron chi connectivity index (χ3n) is 2.86. The molecule has 0 bridgehead atoms. The van der Waals surface area contributed by atoms with Crippen molar-refractivity contribution < 1.29 is 23.1 Å². The summed E-state index contributed by atoms with van der Waals surface area (Å²) in [6.45, 7) is 3.15. The molecule has 0 unspecified atom stereocenters. The molecule has 0 aliphatic rings. The molecule has 1 rings (SSSR count). The summed E-state index contributed by atoms with van der Waals surface area (Å²) < 4.78 is 23.0. The topological polar surface area (TPSA) is 91.8 Å². The van der Waals surface area contributed by atoms with Gasteiger partial charge < -0.3 is 10.0 Å². The fraction of sp³-hybridized carbons (Fsp3) is 0.385. The molecule has 0 aromatic heterocycles. The molecule has 0 atom stereocenters. The van der Waals surface area contributed by atoms with E-state index in [1.54, 1.807) is 13.8 Å². The number of sulfone groups is 1. The van der Waals surface area contributed by atoms with Gasteiger partial charge in [0.1, 0.15) is 6.54 Å². The zero-order valence-electron chi connectivity index (χ0n) is 11.6. The summed E-state index contributed by atoms with van der Waals surface area (Å²) in [5.74, 6) is -1.60. The van der Waals surface area contributed by atoms with Crippen molar-refractivity contribution >= 4 is 21.7 Å². The molecule has 0 saturated heterocycles. The lowest BCUT2D eigenvalue weighted by molar-refractivity contribution is -0.137.